The number of hydrogen-bond acceptors (Lipinski definition) is 2. The fourth-order valence-electron chi connectivity index (χ4n) is 2.02. The summed E-state index contributed by atoms with van der Waals surface area (Å²) in [7, 11) is 0. The Morgan fingerprint density at radius 2 is 2.11 bits per heavy atom. The highest BCUT2D eigenvalue weighted by Crippen LogP contribution is 2.20. The van der Waals surface area contributed by atoms with Gasteiger partial charge in [0.25, 0.3) is 0 Å². The van der Waals surface area contributed by atoms with Gasteiger partial charge in [0.15, 0.2) is 5.76 Å². The lowest BCUT2D eigenvalue weighted by Gasteiger charge is -2.04. The van der Waals surface area contributed by atoms with Crippen molar-refractivity contribution in [2.24, 2.45) is 0 Å². The molecule has 0 fully saturated rings. The van der Waals surface area contributed by atoms with Crippen molar-refractivity contribution < 1.29 is 4.42 Å². The van der Waals surface area contributed by atoms with Crippen molar-refractivity contribution in [2.75, 3.05) is 0 Å². The fourth-order valence-corrected chi connectivity index (χ4v) is 2.24. The third kappa shape index (κ3) is 2.56. The summed E-state index contributed by atoms with van der Waals surface area (Å²) in [4.78, 5) is 0. The zero-order chi connectivity index (χ0) is 13.2. The maximum Gasteiger partial charge on any atom is 0.154 e. The first-order chi connectivity index (χ1) is 9.22. The second-order valence-corrected chi connectivity index (χ2v) is 4.87. The van der Waals surface area contributed by atoms with Gasteiger partial charge in [0.05, 0.1) is 12.8 Å². The molecule has 4 heteroatoms. The monoisotopic (exact) mass is 272 g/mol. The van der Waals surface area contributed by atoms with Crippen LogP contribution in [0.1, 0.15) is 11.3 Å². The van der Waals surface area contributed by atoms with E-state index in [1.165, 1.54) is 0 Å². The molecule has 0 saturated heterocycles. The van der Waals surface area contributed by atoms with E-state index in [0.717, 1.165) is 27.7 Å². The Bertz CT molecular complexity index is 686. The molecule has 0 spiro atoms. The van der Waals surface area contributed by atoms with Crippen LogP contribution < -0.4 is 0 Å². The number of aryl methyl sites for hydroxylation is 1. The zero-order valence-electron chi connectivity index (χ0n) is 10.5. The van der Waals surface area contributed by atoms with Crippen LogP contribution in [0.15, 0.2) is 53.1 Å². The van der Waals surface area contributed by atoms with E-state index in [9.17, 15) is 0 Å². The third-order valence-electron chi connectivity index (χ3n) is 2.98. The number of aromatic nitrogens is 2. The second-order valence-electron chi connectivity index (χ2n) is 4.44. The van der Waals surface area contributed by atoms with E-state index in [0.29, 0.717) is 6.54 Å². The molecule has 0 radical (unpaired) electrons. The van der Waals surface area contributed by atoms with Crippen LogP contribution in [0.4, 0.5) is 0 Å². The molecule has 3 aromatic rings. The molecule has 96 valence electrons. The topological polar surface area (TPSA) is 31.0 Å². The Morgan fingerprint density at radius 3 is 2.84 bits per heavy atom. The zero-order valence-corrected chi connectivity index (χ0v) is 11.3. The summed E-state index contributed by atoms with van der Waals surface area (Å²) in [6.45, 7) is 2.73. The summed E-state index contributed by atoms with van der Waals surface area (Å²) in [5, 5.41) is 5.30. The quantitative estimate of drug-likeness (QED) is 0.717. The van der Waals surface area contributed by atoms with Crippen LogP contribution in [0.25, 0.3) is 11.5 Å². The van der Waals surface area contributed by atoms with Crippen LogP contribution in [-0.2, 0) is 6.54 Å². The van der Waals surface area contributed by atoms with Crippen molar-refractivity contribution in [3.8, 4) is 11.5 Å². The molecule has 0 aliphatic heterocycles. The summed E-state index contributed by atoms with van der Waals surface area (Å²) >= 11 is 5.99. The summed E-state index contributed by atoms with van der Waals surface area (Å²) in [6.07, 6.45) is 1.65. The SMILES string of the molecule is Cc1cc(-c2ccco2)nn1Cc1cccc(Cl)c1. The minimum Gasteiger partial charge on any atom is -0.463 e. The van der Waals surface area contributed by atoms with Gasteiger partial charge >= 0.3 is 0 Å². The molecule has 0 amide bonds. The van der Waals surface area contributed by atoms with Gasteiger partial charge in [0.1, 0.15) is 5.69 Å². The van der Waals surface area contributed by atoms with E-state index >= 15 is 0 Å². The van der Waals surface area contributed by atoms with Crippen molar-refractivity contribution in [1.82, 2.24) is 9.78 Å². The van der Waals surface area contributed by atoms with Crippen molar-refractivity contribution in [3.05, 3.63) is 65.0 Å². The van der Waals surface area contributed by atoms with Crippen LogP contribution >= 0.6 is 11.6 Å². The van der Waals surface area contributed by atoms with Crippen LogP contribution in [0.5, 0.6) is 0 Å². The van der Waals surface area contributed by atoms with Crippen LogP contribution in [0, 0.1) is 6.92 Å². The Balaban J connectivity index is 1.90. The average Bonchev–Trinajstić information content (AvgIpc) is 3.00. The summed E-state index contributed by atoms with van der Waals surface area (Å²) in [6, 6.07) is 13.6. The maximum absolute atomic E-state index is 5.99. The highest BCUT2D eigenvalue weighted by atomic mass is 35.5. The lowest BCUT2D eigenvalue weighted by Crippen LogP contribution is -2.03. The van der Waals surface area contributed by atoms with Crippen LogP contribution in [0.2, 0.25) is 5.02 Å². The van der Waals surface area contributed by atoms with E-state index in [1.54, 1.807) is 6.26 Å². The molecular weight excluding hydrogens is 260 g/mol. The minimum absolute atomic E-state index is 0.701. The molecule has 0 atom stereocenters. The molecule has 2 heterocycles. The van der Waals surface area contributed by atoms with E-state index in [2.05, 4.69) is 5.10 Å². The minimum atomic E-state index is 0.701. The van der Waals surface area contributed by atoms with E-state index in [1.807, 2.05) is 54.1 Å². The van der Waals surface area contributed by atoms with Crippen molar-refractivity contribution in [2.45, 2.75) is 13.5 Å². The molecule has 0 N–H and O–H groups in total. The Kier molecular flexibility index (Phi) is 3.13. The largest absolute Gasteiger partial charge is 0.463 e. The number of benzene rings is 1. The molecule has 3 nitrogen and oxygen atoms in total. The number of halogens is 1. The fraction of sp³-hybridized carbons (Fsp3) is 0.133. The Morgan fingerprint density at radius 1 is 1.21 bits per heavy atom. The molecule has 0 aliphatic carbocycles. The molecule has 3 rings (SSSR count). The standard InChI is InChI=1S/C15H13ClN2O/c1-11-8-14(15-6-3-7-19-15)17-18(11)10-12-4-2-5-13(16)9-12/h2-9H,10H2,1H3. The van der Waals surface area contributed by atoms with Gasteiger partial charge in [0.2, 0.25) is 0 Å². The Labute approximate surface area is 116 Å². The number of furan rings is 1. The average molecular weight is 273 g/mol. The third-order valence-corrected chi connectivity index (χ3v) is 3.21. The molecule has 0 bridgehead atoms. The molecule has 0 saturated carbocycles. The molecule has 19 heavy (non-hydrogen) atoms. The van der Waals surface area contributed by atoms with E-state index in [4.69, 9.17) is 16.0 Å². The van der Waals surface area contributed by atoms with Gasteiger partial charge in [-0.1, -0.05) is 23.7 Å². The molecule has 1 aromatic carbocycles. The Hall–Kier alpha value is -2.00. The summed E-state index contributed by atoms with van der Waals surface area (Å²) in [5.41, 5.74) is 3.07. The maximum atomic E-state index is 5.99. The predicted octanol–water partition coefficient (Wildman–Crippen LogP) is 4.15. The van der Waals surface area contributed by atoms with Crippen LogP contribution in [0.3, 0.4) is 0 Å². The highest BCUT2D eigenvalue weighted by molar-refractivity contribution is 6.30. The normalized spacial score (nSPS) is 10.8. The first kappa shape index (κ1) is 12.1. The number of rotatable bonds is 3. The smallest absolute Gasteiger partial charge is 0.154 e. The number of hydrogen-bond donors (Lipinski definition) is 0. The van der Waals surface area contributed by atoms with Gasteiger partial charge in [0, 0.05) is 10.7 Å². The molecule has 0 aliphatic rings. The number of nitrogens with zero attached hydrogens (tertiary/aromatic N) is 2. The van der Waals surface area contributed by atoms with Crippen molar-refractivity contribution in [1.29, 1.82) is 0 Å². The second kappa shape index (κ2) is 4.94. The van der Waals surface area contributed by atoms with Crippen LogP contribution in [-0.4, -0.2) is 9.78 Å². The van der Waals surface area contributed by atoms with Crippen molar-refractivity contribution >= 4 is 11.6 Å². The molecule has 2 aromatic heterocycles. The van der Waals surface area contributed by atoms with Gasteiger partial charge in [-0.3, -0.25) is 4.68 Å². The van der Waals surface area contributed by atoms with E-state index in [-0.39, 0.29) is 0 Å². The lowest BCUT2D eigenvalue weighted by atomic mass is 10.2. The summed E-state index contributed by atoms with van der Waals surface area (Å²) in [5.74, 6) is 0.785. The van der Waals surface area contributed by atoms with Crippen molar-refractivity contribution in [3.63, 3.8) is 0 Å². The van der Waals surface area contributed by atoms with Gasteiger partial charge in [-0.15, -0.1) is 0 Å². The van der Waals surface area contributed by atoms with E-state index < -0.39 is 0 Å². The van der Waals surface area contributed by atoms with Gasteiger partial charge in [-0.25, -0.2) is 0 Å². The molecular formula is C15H13ClN2O. The lowest BCUT2D eigenvalue weighted by molar-refractivity contribution is 0.576. The van der Waals surface area contributed by atoms with Gasteiger partial charge in [-0.2, -0.15) is 5.10 Å². The van der Waals surface area contributed by atoms with Gasteiger partial charge in [-0.05, 0) is 42.8 Å². The predicted molar refractivity (Wildman–Crippen MR) is 75.2 cm³/mol. The highest BCUT2D eigenvalue weighted by Gasteiger charge is 2.09. The summed E-state index contributed by atoms with van der Waals surface area (Å²) < 4.78 is 7.31. The molecule has 0 unspecified atom stereocenters. The first-order valence-corrected chi connectivity index (χ1v) is 6.43. The first-order valence-electron chi connectivity index (χ1n) is 6.05. The van der Waals surface area contributed by atoms with Gasteiger partial charge < -0.3 is 4.42 Å².